The number of carbonyl (C=O) groups excluding carboxylic acids is 1. The normalized spacial score (nSPS) is 18.6. The molecule has 104 valence electrons. The molecule has 19 heavy (non-hydrogen) atoms. The minimum Gasteiger partial charge on any atom is -0.480 e. The maximum Gasteiger partial charge on any atom is 0.327 e. The Hall–Kier alpha value is -1.70. The van der Waals surface area contributed by atoms with Gasteiger partial charge in [0, 0.05) is 32.0 Å². The second-order valence-electron chi connectivity index (χ2n) is 4.29. The Morgan fingerprint density at radius 2 is 2.42 bits per heavy atom. The molecule has 7 nitrogen and oxygen atoms in total. The summed E-state index contributed by atoms with van der Waals surface area (Å²) in [6.07, 6.45) is 2.47. The van der Waals surface area contributed by atoms with E-state index < -0.39 is 12.0 Å². The second kappa shape index (κ2) is 5.96. The van der Waals surface area contributed by atoms with Gasteiger partial charge in [-0.2, -0.15) is 5.10 Å². The van der Waals surface area contributed by atoms with Crippen molar-refractivity contribution in [3.63, 3.8) is 0 Å². The number of hydrogen-bond acceptors (Lipinski definition) is 4. The zero-order valence-electron chi connectivity index (χ0n) is 10.6. The van der Waals surface area contributed by atoms with Crippen LogP contribution in [0, 0.1) is 0 Å². The maximum atomic E-state index is 11.9. The number of urea groups is 1. The summed E-state index contributed by atoms with van der Waals surface area (Å²) < 4.78 is 1.70. The molecule has 0 saturated carbocycles. The Kier molecular flexibility index (Phi) is 4.31. The number of carboxylic acid groups (broad SMARTS) is 1. The third kappa shape index (κ3) is 3.40. The number of carbonyl (C=O) groups is 2. The highest BCUT2D eigenvalue weighted by Crippen LogP contribution is 2.20. The van der Waals surface area contributed by atoms with Crippen LogP contribution in [0.1, 0.15) is 5.69 Å². The summed E-state index contributed by atoms with van der Waals surface area (Å²) in [5, 5.41) is 15.9. The first kappa shape index (κ1) is 13.7. The first-order valence-electron chi connectivity index (χ1n) is 5.91. The van der Waals surface area contributed by atoms with Crippen LogP contribution in [-0.2, 0) is 18.3 Å². The summed E-state index contributed by atoms with van der Waals surface area (Å²) in [5.74, 6) is -0.0834. The number of thioether (sulfide) groups is 1. The zero-order chi connectivity index (χ0) is 13.8. The van der Waals surface area contributed by atoms with E-state index >= 15 is 0 Å². The molecule has 0 radical (unpaired) electrons. The minimum atomic E-state index is -0.954. The van der Waals surface area contributed by atoms with Crippen molar-refractivity contribution in [2.75, 3.05) is 18.2 Å². The number of nitrogens with zero attached hydrogens (tertiary/aromatic N) is 3. The van der Waals surface area contributed by atoms with E-state index in [1.54, 1.807) is 4.68 Å². The molecule has 0 unspecified atom stereocenters. The summed E-state index contributed by atoms with van der Waals surface area (Å²) in [5.41, 5.74) is 0.897. The SMILES string of the molecule is Cn1ccc(CCNC(=O)N2CSC[C@H]2C(=O)O)n1. The summed E-state index contributed by atoms with van der Waals surface area (Å²) in [6, 6.07) is 0.839. The number of aliphatic carboxylic acids is 1. The van der Waals surface area contributed by atoms with Gasteiger partial charge in [0.15, 0.2) is 0 Å². The molecule has 1 aliphatic heterocycles. The van der Waals surface area contributed by atoms with Crippen LogP contribution >= 0.6 is 11.8 Å². The van der Waals surface area contributed by atoms with Gasteiger partial charge in [0.1, 0.15) is 6.04 Å². The molecule has 2 amide bonds. The quantitative estimate of drug-likeness (QED) is 0.820. The largest absolute Gasteiger partial charge is 0.480 e. The monoisotopic (exact) mass is 284 g/mol. The number of rotatable bonds is 4. The first-order chi connectivity index (χ1) is 9.08. The summed E-state index contributed by atoms with van der Waals surface area (Å²) in [6.45, 7) is 0.448. The van der Waals surface area contributed by atoms with Gasteiger partial charge in [-0.05, 0) is 6.07 Å². The molecule has 1 fully saturated rings. The standard InChI is InChI=1S/C11H16N4O3S/c1-14-5-3-8(13-14)2-4-12-11(18)15-7-19-6-9(15)10(16)17/h3,5,9H,2,4,6-7H2,1H3,(H,12,18)(H,16,17)/t9-/m0/s1. The lowest BCUT2D eigenvalue weighted by atomic mass is 10.3. The smallest absolute Gasteiger partial charge is 0.327 e. The average Bonchev–Trinajstić information content (AvgIpc) is 2.97. The van der Waals surface area contributed by atoms with Crippen molar-refractivity contribution in [1.82, 2.24) is 20.0 Å². The molecule has 1 atom stereocenters. The molecule has 2 rings (SSSR count). The first-order valence-corrected chi connectivity index (χ1v) is 7.07. The molecular weight excluding hydrogens is 268 g/mol. The third-order valence-electron chi connectivity index (χ3n) is 2.85. The van der Waals surface area contributed by atoms with Crippen molar-refractivity contribution in [2.24, 2.45) is 7.05 Å². The lowest BCUT2D eigenvalue weighted by Gasteiger charge is -2.20. The third-order valence-corrected chi connectivity index (χ3v) is 3.87. The molecule has 1 aromatic heterocycles. The van der Waals surface area contributed by atoms with Crippen LogP contribution in [0.4, 0.5) is 4.79 Å². The molecule has 1 aromatic rings. The fraction of sp³-hybridized carbons (Fsp3) is 0.545. The molecule has 0 bridgehead atoms. The molecule has 0 aliphatic carbocycles. The van der Waals surface area contributed by atoms with Crippen molar-refractivity contribution in [1.29, 1.82) is 0 Å². The topological polar surface area (TPSA) is 87.5 Å². The summed E-state index contributed by atoms with van der Waals surface area (Å²) >= 11 is 1.45. The predicted molar refractivity (Wildman–Crippen MR) is 70.9 cm³/mol. The van der Waals surface area contributed by atoms with Gasteiger partial charge in [-0.3, -0.25) is 4.68 Å². The molecule has 8 heteroatoms. The van der Waals surface area contributed by atoms with E-state index in [-0.39, 0.29) is 6.03 Å². The number of hydrogen-bond donors (Lipinski definition) is 2. The molecule has 2 N–H and O–H groups in total. The van der Waals surface area contributed by atoms with Gasteiger partial charge >= 0.3 is 12.0 Å². The van der Waals surface area contributed by atoms with Crippen LogP contribution in [0.15, 0.2) is 12.3 Å². The highest BCUT2D eigenvalue weighted by molar-refractivity contribution is 7.99. The van der Waals surface area contributed by atoms with E-state index in [4.69, 9.17) is 5.11 Å². The second-order valence-corrected chi connectivity index (χ2v) is 5.29. The molecular formula is C11H16N4O3S. The Morgan fingerprint density at radius 3 is 3.05 bits per heavy atom. The van der Waals surface area contributed by atoms with Gasteiger partial charge in [0.25, 0.3) is 0 Å². The minimum absolute atomic E-state index is 0.326. The Balaban J connectivity index is 1.79. The molecule has 0 spiro atoms. The van der Waals surface area contributed by atoms with Crippen LogP contribution < -0.4 is 5.32 Å². The lowest BCUT2D eigenvalue weighted by Crippen LogP contribution is -2.47. The van der Waals surface area contributed by atoms with E-state index in [1.807, 2.05) is 19.3 Å². The maximum absolute atomic E-state index is 11.9. The van der Waals surface area contributed by atoms with Crippen LogP contribution in [0.2, 0.25) is 0 Å². The van der Waals surface area contributed by atoms with Crippen molar-refractivity contribution in [3.05, 3.63) is 18.0 Å². The highest BCUT2D eigenvalue weighted by atomic mass is 32.2. The van der Waals surface area contributed by atoms with Crippen LogP contribution in [0.5, 0.6) is 0 Å². The number of aromatic nitrogens is 2. The number of nitrogens with one attached hydrogen (secondary N) is 1. The van der Waals surface area contributed by atoms with Crippen molar-refractivity contribution in [2.45, 2.75) is 12.5 Å². The molecule has 1 aliphatic rings. The van der Waals surface area contributed by atoms with Crippen LogP contribution in [0.25, 0.3) is 0 Å². The Morgan fingerprint density at radius 1 is 1.63 bits per heavy atom. The number of aryl methyl sites for hydroxylation is 1. The summed E-state index contributed by atoms with van der Waals surface area (Å²) in [7, 11) is 1.83. The van der Waals surface area contributed by atoms with Gasteiger partial charge in [-0.1, -0.05) is 0 Å². The fourth-order valence-electron chi connectivity index (χ4n) is 1.84. The van der Waals surface area contributed by atoms with Crippen molar-refractivity contribution < 1.29 is 14.7 Å². The predicted octanol–water partition coefficient (Wildman–Crippen LogP) is 0.132. The average molecular weight is 284 g/mol. The van der Waals surface area contributed by atoms with Crippen LogP contribution in [0.3, 0.4) is 0 Å². The lowest BCUT2D eigenvalue weighted by molar-refractivity contribution is -0.140. The molecule has 2 heterocycles. The Labute approximate surface area is 115 Å². The van der Waals surface area contributed by atoms with E-state index in [2.05, 4.69) is 10.4 Å². The molecule has 1 saturated heterocycles. The fourth-order valence-corrected chi connectivity index (χ4v) is 2.99. The summed E-state index contributed by atoms with van der Waals surface area (Å²) in [4.78, 5) is 24.2. The number of amides is 2. The van der Waals surface area contributed by atoms with E-state index in [0.29, 0.717) is 24.6 Å². The van der Waals surface area contributed by atoms with E-state index in [1.165, 1.54) is 16.7 Å². The van der Waals surface area contributed by atoms with E-state index in [0.717, 1.165) is 5.69 Å². The van der Waals surface area contributed by atoms with Gasteiger partial charge in [-0.15, -0.1) is 11.8 Å². The van der Waals surface area contributed by atoms with Crippen molar-refractivity contribution >= 4 is 23.8 Å². The van der Waals surface area contributed by atoms with Crippen molar-refractivity contribution in [3.8, 4) is 0 Å². The van der Waals surface area contributed by atoms with Gasteiger partial charge in [-0.25, -0.2) is 9.59 Å². The van der Waals surface area contributed by atoms with E-state index in [9.17, 15) is 9.59 Å². The molecule has 0 aromatic carbocycles. The van der Waals surface area contributed by atoms with Gasteiger partial charge in [0.05, 0.1) is 11.6 Å². The van der Waals surface area contributed by atoms with Gasteiger partial charge in [0.2, 0.25) is 0 Å². The number of carboxylic acids is 1. The van der Waals surface area contributed by atoms with Crippen LogP contribution in [-0.4, -0.2) is 56.0 Å². The zero-order valence-corrected chi connectivity index (χ0v) is 11.4. The Bertz CT molecular complexity index is 476. The van der Waals surface area contributed by atoms with Gasteiger partial charge < -0.3 is 15.3 Å². The highest BCUT2D eigenvalue weighted by Gasteiger charge is 2.34.